The highest BCUT2D eigenvalue weighted by molar-refractivity contribution is 6.30. The number of carbonyl (C=O) groups excluding carboxylic acids is 1. The van der Waals surface area contributed by atoms with Crippen molar-refractivity contribution in [2.45, 2.75) is 19.1 Å². The van der Waals surface area contributed by atoms with Crippen molar-refractivity contribution in [3.05, 3.63) is 76.8 Å². The zero-order valence-corrected chi connectivity index (χ0v) is 17.7. The van der Waals surface area contributed by atoms with E-state index in [1.165, 1.54) is 31.4 Å². The summed E-state index contributed by atoms with van der Waals surface area (Å²) in [4.78, 5) is 12.8. The van der Waals surface area contributed by atoms with E-state index in [2.05, 4.69) is 10.4 Å². The van der Waals surface area contributed by atoms with Gasteiger partial charge in [-0.05, 0) is 37.3 Å². The van der Waals surface area contributed by atoms with Gasteiger partial charge in [0.15, 0.2) is 17.0 Å². The lowest BCUT2D eigenvalue weighted by Gasteiger charge is -2.15. The van der Waals surface area contributed by atoms with Crippen LogP contribution in [-0.2, 0) is 6.18 Å². The number of amides is 1. The molecule has 0 radical (unpaired) electrons. The van der Waals surface area contributed by atoms with Gasteiger partial charge in [0.05, 0.1) is 30.6 Å². The van der Waals surface area contributed by atoms with E-state index in [1.807, 2.05) is 0 Å². The summed E-state index contributed by atoms with van der Waals surface area (Å²) < 4.78 is 53.3. The summed E-state index contributed by atoms with van der Waals surface area (Å²) in [6.07, 6.45) is -3.95. The standard InChI is InChI=1S/C22H17ClF3N3O3/c1-12(18-9-13-5-3-8-17(31-2)19(13)32-18)28-21(30)16-11-27-29(20(16)22(24,25)26)15-7-4-6-14(23)10-15/h3-12H,1-2H3,(H,28,30). The Bertz CT molecular complexity index is 1300. The van der Waals surface area contributed by atoms with Crippen molar-refractivity contribution in [2.24, 2.45) is 0 Å². The molecule has 4 aromatic rings. The number of furan rings is 1. The summed E-state index contributed by atoms with van der Waals surface area (Å²) >= 11 is 5.90. The van der Waals surface area contributed by atoms with Crippen molar-refractivity contribution in [3.63, 3.8) is 0 Å². The minimum atomic E-state index is -4.83. The molecule has 0 aliphatic rings. The lowest BCUT2D eigenvalue weighted by atomic mass is 10.1. The molecule has 2 heterocycles. The molecule has 2 aromatic heterocycles. The first-order valence-corrected chi connectivity index (χ1v) is 9.85. The Morgan fingerprint density at radius 1 is 1.22 bits per heavy atom. The molecule has 0 aliphatic heterocycles. The molecule has 1 atom stereocenters. The Balaban J connectivity index is 1.66. The van der Waals surface area contributed by atoms with Crippen molar-refractivity contribution < 1.29 is 27.1 Å². The summed E-state index contributed by atoms with van der Waals surface area (Å²) in [6, 6.07) is 12.1. The molecule has 1 amide bonds. The van der Waals surface area contributed by atoms with Gasteiger partial charge >= 0.3 is 6.18 Å². The molecular weight excluding hydrogens is 447 g/mol. The number of aromatic nitrogens is 2. The molecule has 0 fully saturated rings. The molecule has 2 aromatic carbocycles. The maximum absolute atomic E-state index is 13.9. The first kappa shape index (κ1) is 21.8. The van der Waals surface area contributed by atoms with Crippen molar-refractivity contribution >= 4 is 28.5 Å². The van der Waals surface area contributed by atoms with E-state index in [4.69, 9.17) is 20.8 Å². The van der Waals surface area contributed by atoms with Crippen LogP contribution in [0.15, 0.2) is 59.1 Å². The monoisotopic (exact) mass is 463 g/mol. The predicted octanol–water partition coefficient (Wildman–Crippen LogP) is 5.79. The van der Waals surface area contributed by atoms with Gasteiger partial charge in [0, 0.05) is 10.4 Å². The summed E-state index contributed by atoms with van der Waals surface area (Å²) in [6.45, 7) is 1.61. The fourth-order valence-corrected chi connectivity index (χ4v) is 3.55. The van der Waals surface area contributed by atoms with Gasteiger partial charge in [-0.25, -0.2) is 4.68 Å². The molecule has 1 N–H and O–H groups in total. The summed E-state index contributed by atoms with van der Waals surface area (Å²) in [5.41, 5.74) is -1.24. The topological polar surface area (TPSA) is 69.3 Å². The van der Waals surface area contributed by atoms with Crippen LogP contribution in [0.4, 0.5) is 13.2 Å². The highest BCUT2D eigenvalue weighted by Gasteiger charge is 2.41. The van der Waals surface area contributed by atoms with E-state index in [1.54, 1.807) is 31.2 Å². The minimum absolute atomic E-state index is 0.0845. The number of fused-ring (bicyclic) bond motifs is 1. The van der Waals surface area contributed by atoms with Crippen molar-refractivity contribution in [3.8, 4) is 11.4 Å². The third kappa shape index (κ3) is 4.03. The zero-order valence-electron chi connectivity index (χ0n) is 16.9. The molecule has 0 aliphatic carbocycles. The van der Waals surface area contributed by atoms with Crippen LogP contribution in [0.25, 0.3) is 16.7 Å². The predicted molar refractivity (Wildman–Crippen MR) is 112 cm³/mol. The number of ether oxygens (including phenoxy) is 1. The first-order valence-electron chi connectivity index (χ1n) is 9.47. The minimum Gasteiger partial charge on any atom is -0.493 e. The molecular formula is C22H17ClF3N3O3. The first-order chi connectivity index (χ1) is 15.2. The Hall–Kier alpha value is -3.46. The molecule has 0 spiro atoms. The van der Waals surface area contributed by atoms with E-state index in [9.17, 15) is 18.0 Å². The summed E-state index contributed by atoms with van der Waals surface area (Å²) in [5, 5.41) is 7.32. The smallest absolute Gasteiger partial charge is 0.434 e. The second-order valence-corrected chi connectivity index (χ2v) is 7.46. The number of halogens is 4. The third-order valence-electron chi connectivity index (χ3n) is 4.86. The number of alkyl halides is 3. The molecule has 10 heteroatoms. The van der Waals surface area contributed by atoms with E-state index >= 15 is 0 Å². The molecule has 4 rings (SSSR count). The van der Waals surface area contributed by atoms with Crippen molar-refractivity contribution in [1.82, 2.24) is 15.1 Å². The number of benzene rings is 2. The second-order valence-electron chi connectivity index (χ2n) is 7.02. The molecule has 1 unspecified atom stereocenters. The highest BCUT2D eigenvalue weighted by atomic mass is 35.5. The number of para-hydroxylation sites is 1. The molecule has 0 bridgehead atoms. The number of hydrogen-bond acceptors (Lipinski definition) is 4. The fourth-order valence-electron chi connectivity index (χ4n) is 3.37. The van der Waals surface area contributed by atoms with Gasteiger partial charge in [-0.1, -0.05) is 29.8 Å². The number of rotatable bonds is 5. The van der Waals surface area contributed by atoms with E-state index in [0.717, 1.165) is 11.6 Å². The van der Waals surface area contributed by atoms with Crippen LogP contribution in [0.2, 0.25) is 5.02 Å². The summed E-state index contributed by atoms with van der Waals surface area (Å²) in [5.74, 6) is -0.0615. The van der Waals surface area contributed by atoms with E-state index in [0.29, 0.717) is 21.8 Å². The molecule has 6 nitrogen and oxygen atoms in total. The lowest BCUT2D eigenvalue weighted by Crippen LogP contribution is -2.28. The number of hydrogen-bond donors (Lipinski definition) is 1. The van der Waals surface area contributed by atoms with E-state index < -0.39 is 29.4 Å². The number of nitrogens with one attached hydrogen (secondary N) is 1. The van der Waals surface area contributed by atoms with Crippen LogP contribution >= 0.6 is 11.6 Å². The number of methoxy groups -OCH3 is 1. The Morgan fingerprint density at radius 3 is 2.66 bits per heavy atom. The van der Waals surface area contributed by atoms with E-state index in [-0.39, 0.29) is 10.7 Å². The van der Waals surface area contributed by atoms with Gasteiger partial charge in [-0.3, -0.25) is 4.79 Å². The largest absolute Gasteiger partial charge is 0.493 e. The summed E-state index contributed by atoms with van der Waals surface area (Å²) in [7, 11) is 1.50. The van der Waals surface area contributed by atoms with Gasteiger partial charge < -0.3 is 14.5 Å². The van der Waals surface area contributed by atoms with Crippen LogP contribution in [0.5, 0.6) is 5.75 Å². The number of nitrogens with zero attached hydrogens (tertiary/aromatic N) is 2. The Morgan fingerprint density at radius 2 is 1.97 bits per heavy atom. The van der Waals surface area contributed by atoms with Crippen LogP contribution in [-0.4, -0.2) is 22.8 Å². The van der Waals surface area contributed by atoms with Crippen molar-refractivity contribution in [1.29, 1.82) is 0 Å². The van der Waals surface area contributed by atoms with Crippen LogP contribution < -0.4 is 10.1 Å². The lowest BCUT2D eigenvalue weighted by molar-refractivity contribution is -0.143. The Labute approximate surface area is 185 Å². The Kier molecular flexibility index (Phi) is 5.60. The molecule has 0 saturated heterocycles. The maximum atomic E-state index is 13.9. The van der Waals surface area contributed by atoms with Crippen LogP contribution in [0, 0.1) is 0 Å². The van der Waals surface area contributed by atoms with Gasteiger partial charge in [0.25, 0.3) is 5.91 Å². The second kappa shape index (κ2) is 8.23. The number of carbonyl (C=O) groups is 1. The fraction of sp³-hybridized carbons (Fsp3) is 0.182. The van der Waals surface area contributed by atoms with Crippen LogP contribution in [0.3, 0.4) is 0 Å². The zero-order chi connectivity index (χ0) is 23.0. The van der Waals surface area contributed by atoms with Gasteiger partial charge in [0.2, 0.25) is 0 Å². The molecule has 0 saturated carbocycles. The average Bonchev–Trinajstić information content (AvgIpc) is 3.38. The highest BCUT2D eigenvalue weighted by Crippen LogP contribution is 2.35. The maximum Gasteiger partial charge on any atom is 0.434 e. The van der Waals surface area contributed by atoms with Crippen LogP contribution in [0.1, 0.15) is 34.8 Å². The van der Waals surface area contributed by atoms with Gasteiger partial charge in [0.1, 0.15) is 5.76 Å². The normalized spacial score (nSPS) is 12.7. The van der Waals surface area contributed by atoms with Gasteiger partial charge in [-0.2, -0.15) is 18.3 Å². The average molecular weight is 464 g/mol. The SMILES string of the molecule is COc1cccc2cc(C(C)NC(=O)c3cnn(-c4cccc(Cl)c4)c3C(F)(F)F)oc12. The van der Waals surface area contributed by atoms with Crippen molar-refractivity contribution in [2.75, 3.05) is 7.11 Å². The molecule has 32 heavy (non-hydrogen) atoms. The molecule has 166 valence electrons. The quantitative estimate of drug-likeness (QED) is 0.406. The van der Waals surface area contributed by atoms with Gasteiger partial charge in [-0.15, -0.1) is 0 Å². The third-order valence-corrected chi connectivity index (χ3v) is 5.09.